The molecule has 0 saturated carbocycles. The highest BCUT2D eigenvalue weighted by Crippen LogP contribution is 2.36. The SMILES string of the molecule is C/C(=C(/N)CO)N(N)CCCOc1ccc(C(C)(C)c2ccc(OCCCCl)c(Br)c2)cc1. The number of nitrogens with two attached hydrogens (primary N) is 2. The molecule has 0 bridgehead atoms. The van der Waals surface area contributed by atoms with Gasteiger partial charge in [-0.1, -0.05) is 32.0 Å². The lowest BCUT2D eigenvalue weighted by molar-refractivity contribution is 0.264. The minimum atomic E-state index is -0.206. The summed E-state index contributed by atoms with van der Waals surface area (Å²) in [5, 5.41) is 10.6. The van der Waals surface area contributed by atoms with Crippen LogP contribution in [0.4, 0.5) is 0 Å². The normalized spacial score (nSPS) is 12.3. The van der Waals surface area contributed by atoms with E-state index in [1.807, 2.05) is 18.2 Å². The summed E-state index contributed by atoms with van der Waals surface area (Å²) < 4.78 is 12.6. The van der Waals surface area contributed by atoms with Crippen molar-refractivity contribution in [3.05, 3.63) is 69.5 Å². The predicted molar refractivity (Wildman–Crippen MR) is 139 cm³/mol. The van der Waals surface area contributed by atoms with Gasteiger partial charge in [-0.05, 0) is 64.7 Å². The molecule has 2 rings (SSSR count). The molecule has 0 radical (unpaired) electrons. The van der Waals surface area contributed by atoms with Gasteiger partial charge in [0.1, 0.15) is 11.5 Å². The van der Waals surface area contributed by atoms with E-state index in [0.717, 1.165) is 28.8 Å². The quantitative estimate of drug-likeness (QED) is 0.145. The van der Waals surface area contributed by atoms with Gasteiger partial charge in [0.2, 0.25) is 0 Å². The summed E-state index contributed by atoms with van der Waals surface area (Å²) in [5.41, 5.74) is 8.93. The fourth-order valence-corrected chi connectivity index (χ4v) is 3.87. The number of rotatable bonds is 13. The summed E-state index contributed by atoms with van der Waals surface area (Å²) in [5.74, 6) is 8.18. The van der Waals surface area contributed by atoms with Gasteiger partial charge in [-0.2, -0.15) is 0 Å². The molecule has 0 aliphatic heterocycles. The Hall–Kier alpha value is -1.93. The lowest BCUT2D eigenvalue weighted by Gasteiger charge is -2.27. The number of alkyl halides is 1. The summed E-state index contributed by atoms with van der Waals surface area (Å²) >= 11 is 9.35. The van der Waals surface area contributed by atoms with Gasteiger partial charge in [-0.25, -0.2) is 5.84 Å². The summed E-state index contributed by atoms with van der Waals surface area (Å²) in [7, 11) is 0. The van der Waals surface area contributed by atoms with Crippen molar-refractivity contribution >= 4 is 27.5 Å². The van der Waals surface area contributed by atoms with Crippen molar-refractivity contribution in [2.24, 2.45) is 11.6 Å². The van der Waals surface area contributed by atoms with Gasteiger partial charge in [0, 0.05) is 30.0 Å². The smallest absolute Gasteiger partial charge is 0.133 e. The second-order valence-electron chi connectivity index (χ2n) is 8.35. The van der Waals surface area contributed by atoms with Gasteiger partial charge >= 0.3 is 0 Å². The van der Waals surface area contributed by atoms with Crippen LogP contribution >= 0.6 is 27.5 Å². The fourth-order valence-electron chi connectivity index (χ4n) is 3.27. The van der Waals surface area contributed by atoms with E-state index in [0.29, 0.717) is 37.0 Å². The van der Waals surface area contributed by atoms with Gasteiger partial charge in [-0.15, -0.1) is 11.6 Å². The molecule has 0 spiro atoms. The summed E-state index contributed by atoms with van der Waals surface area (Å²) in [4.78, 5) is 0. The Morgan fingerprint density at radius 3 is 2.30 bits per heavy atom. The molecule has 0 aliphatic carbocycles. The molecule has 182 valence electrons. The molecule has 0 fully saturated rings. The molecular weight excluding hydrogens is 506 g/mol. The number of ether oxygens (including phenoxy) is 2. The van der Waals surface area contributed by atoms with Gasteiger partial charge in [0.15, 0.2) is 0 Å². The maximum Gasteiger partial charge on any atom is 0.133 e. The van der Waals surface area contributed by atoms with Crippen molar-refractivity contribution in [3.63, 3.8) is 0 Å². The zero-order chi connectivity index (χ0) is 24.4. The van der Waals surface area contributed by atoms with Gasteiger partial charge in [0.05, 0.1) is 30.0 Å². The van der Waals surface area contributed by atoms with E-state index < -0.39 is 0 Å². The molecule has 0 amide bonds. The van der Waals surface area contributed by atoms with Crippen LogP contribution in [0.25, 0.3) is 0 Å². The predicted octanol–water partition coefficient (Wildman–Crippen LogP) is 4.91. The highest BCUT2D eigenvalue weighted by molar-refractivity contribution is 9.10. The van der Waals surface area contributed by atoms with E-state index in [2.05, 4.69) is 54.0 Å². The average Bonchev–Trinajstić information content (AvgIpc) is 2.82. The third-order valence-electron chi connectivity index (χ3n) is 5.64. The van der Waals surface area contributed by atoms with Crippen LogP contribution < -0.4 is 21.1 Å². The Bertz CT molecular complexity index is 920. The van der Waals surface area contributed by atoms with E-state index in [1.165, 1.54) is 16.1 Å². The second kappa shape index (κ2) is 13.1. The monoisotopic (exact) mass is 539 g/mol. The minimum absolute atomic E-state index is 0.188. The molecule has 2 aromatic rings. The third kappa shape index (κ3) is 7.81. The molecule has 0 aromatic heterocycles. The van der Waals surface area contributed by atoms with Crippen LogP contribution in [0.3, 0.4) is 0 Å². The van der Waals surface area contributed by atoms with E-state index in [4.69, 9.17) is 37.8 Å². The fraction of sp³-hybridized carbons (Fsp3) is 0.440. The van der Waals surface area contributed by atoms with Crippen molar-refractivity contribution in [2.75, 3.05) is 32.2 Å². The molecule has 0 heterocycles. The van der Waals surface area contributed by atoms with Crippen molar-refractivity contribution in [3.8, 4) is 11.5 Å². The zero-order valence-electron chi connectivity index (χ0n) is 19.6. The summed E-state index contributed by atoms with van der Waals surface area (Å²) in [6.45, 7) is 7.68. The van der Waals surface area contributed by atoms with Crippen LogP contribution in [0.2, 0.25) is 0 Å². The van der Waals surface area contributed by atoms with E-state index in [-0.39, 0.29) is 12.0 Å². The first-order chi connectivity index (χ1) is 15.7. The standard InChI is InChI=1S/C25H35BrClN3O3/c1-18(23(28)17-31)30(29)13-5-15-32-21-9-6-19(7-10-21)25(2,3)20-8-11-24(22(26)16-20)33-14-4-12-27/h6-11,16,31H,4-5,12-15,17,28-29H2,1-3H3/b23-18-. The summed E-state index contributed by atoms with van der Waals surface area (Å²) in [6, 6.07) is 14.4. The van der Waals surface area contributed by atoms with Crippen LogP contribution in [-0.2, 0) is 5.41 Å². The first kappa shape index (κ1) is 27.3. The second-order valence-corrected chi connectivity index (χ2v) is 9.58. The van der Waals surface area contributed by atoms with E-state index in [9.17, 15) is 0 Å². The van der Waals surface area contributed by atoms with Crippen LogP contribution in [0, 0.1) is 0 Å². The topological polar surface area (TPSA) is 94.0 Å². The molecule has 8 heteroatoms. The molecule has 0 atom stereocenters. The van der Waals surface area contributed by atoms with Gasteiger partial charge in [0.25, 0.3) is 0 Å². The average molecular weight is 541 g/mol. The number of benzene rings is 2. The van der Waals surface area contributed by atoms with Gasteiger partial charge < -0.3 is 25.3 Å². The Kier molecular flexibility index (Phi) is 10.8. The van der Waals surface area contributed by atoms with Crippen LogP contribution in [0.15, 0.2) is 58.3 Å². The Morgan fingerprint density at radius 1 is 1.06 bits per heavy atom. The number of aliphatic hydroxyl groups excluding tert-OH is 1. The van der Waals surface area contributed by atoms with E-state index in [1.54, 1.807) is 6.92 Å². The minimum Gasteiger partial charge on any atom is -0.494 e. The number of halogens is 2. The number of aliphatic hydroxyl groups is 1. The Labute approximate surface area is 210 Å². The molecule has 2 aromatic carbocycles. The summed E-state index contributed by atoms with van der Waals surface area (Å²) in [6.07, 6.45) is 1.54. The lowest BCUT2D eigenvalue weighted by atomic mass is 9.78. The highest BCUT2D eigenvalue weighted by atomic mass is 79.9. The van der Waals surface area contributed by atoms with Crippen molar-refractivity contribution in [1.29, 1.82) is 0 Å². The maximum absolute atomic E-state index is 9.09. The zero-order valence-corrected chi connectivity index (χ0v) is 22.0. The van der Waals surface area contributed by atoms with Crippen molar-refractivity contribution in [2.45, 2.75) is 39.0 Å². The molecule has 0 aliphatic rings. The Balaban J connectivity index is 1.95. The molecule has 0 unspecified atom stereocenters. The number of hydrogen-bond acceptors (Lipinski definition) is 6. The van der Waals surface area contributed by atoms with E-state index >= 15 is 0 Å². The van der Waals surface area contributed by atoms with Crippen LogP contribution in [0.1, 0.15) is 44.7 Å². The number of hydrazine groups is 1. The molecular formula is C25H35BrClN3O3. The van der Waals surface area contributed by atoms with Crippen LogP contribution in [0.5, 0.6) is 11.5 Å². The first-order valence-corrected chi connectivity index (χ1v) is 12.3. The largest absolute Gasteiger partial charge is 0.494 e. The molecule has 33 heavy (non-hydrogen) atoms. The number of hydrogen-bond donors (Lipinski definition) is 3. The first-order valence-electron chi connectivity index (χ1n) is 11.0. The highest BCUT2D eigenvalue weighted by Gasteiger charge is 2.24. The maximum atomic E-state index is 9.09. The number of nitrogens with zero attached hydrogens (tertiary/aromatic N) is 1. The lowest BCUT2D eigenvalue weighted by Crippen LogP contribution is -2.33. The van der Waals surface area contributed by atoms with Gasteiger partial charge in [-0.3, -0.25) is 0 Å². The third-order valence-corrected chi connectivity index (χ3v) is 6.53. The number of allylic oxidation sites excluding steroid dienone is 1. The molecule has 5 N–H and O–H groups in total. The van der Waals surface area contributed by atoms with Crippen molar-refractivity contribution < 1.29 is 14.6 Å². The molecule has 6 nitrogen and oxygen atoms in total. The van der Waals surface area contributed by atoms with Crippen molar-refractivity contribution in [1.82, 2.24) is 5.01 Å². The molecule has 0 saturated heterocycles. The Morgan fingerprint density at radius 2 is 1.70 bits per heavy atom. The van der Waals surface area contributed by atoms with Crippen LogP contribution in [-0.4, -0.2) is 42.4 Å².